The third-order valence-corrected chi connectivity index (χ3v) is 5.10. The molecule has 5 rings (SSSR count). The van der Waals surface area contributed by atoms with Crippen molar-refractivity contribution in [1.29, 1.82) is 0 Å². The minimum atomic E-state index is -0.0752. The number of hydrogen-bond donors (Lipinski definition) is 1. The third-order valence-electron chi connectivity index (χ3n) is 5.10. The summed E-state index contributed by atoms with van der Waals surface area (Å²) in [6, 6.07) is 9.49. The summed E-state index contributed by atoms with van der Waals surface area (Å²) in [5.74, 6) is 3.14. The summed E-state index contributed by atoms with van der Waals surface area (Å²) in [6.07, 6.45) is 6.24. The Morgan fingerprint density at radius 1 is 1.08 bits per heavy atom. The van der Waals surface area contributed by atoms with Gasteiger partial charge in [-0.1, -0.05) is 12.1 Å². The number of anilines is 1. The number of hydrogen-bond acceptors (Lipinski definition) is 5. The Kier molecular flexibility index (Phi) is 3.29. The number of benzene rings is 1. The van der Waals surface area contributed by atoms with E-state index in [0.29, 0.717) is 11.3 Å². The van der Waals surface area contributed by atoms with Crippen molar-refractivity contribution >= 4 is 16.7 Å². The van der Waals surface area contributed by atoms with E-state index < -0.39 is 0 Å². The minimum absolute atomic E-state index is 0.0549. The largest absolute Gasteiger partial charge is 0.346 e. The van der Waals surface area contributed by atoms with Crippen LogP contribution in [0.1, 0.15) is 49.3 Å². The lowest BCUT2D eigenvalue weighted by Crippen LogP contribution is -2.27. The molecular formula is C19H19N5O. The molecule has 0 amide bonds. The number of nitrogens with zero attached hydrogens (tertiary/aromatic N) is 4. The van der Waals surface area contributed by atoms with Gasteiger partial charge in [-0.05, 0) is 43.9 Å². The SMILES string of the molecule is O=c1[nH]c(C2CCCN2c2ccnc(C3CC3)n2)nc2ccccc12. The van der Waals surface area contributed by atoms with Crippen LogP contribution in [0, 0.1) is 0 Å². The smallest absolute Gasteiger partial charge is 0.258 e. The van der Waals surface area contributed by atoms with Gasteiger partial charge in [0, 0.05) is 18.7 Å². The zero-order chi connectivity index (χ0) is 16.8. The van der Waals surface area contributed by atoms with Crippen LogP contribution in [0.25, 0.3) is 10.9 Å². The summed E-state index contributed by atoms with van der Waals surface area (Å²) in [5, 5.41) is 0.633. The molecule has 3 aromatic rings. The van der Waals surface area contributed by atoms with E-state index in [0.717, 1.165) is 42.4 Å². The lowest BCUT2D eigenvalue weighted by molar-refractivity contribution is 0.658. The van der Waals surface area contributed by atoms with Crippen molar-refractivity contribution in [3.63, 3.8) is 0 Å². The molecule has 2 aromatic heterocycles. The van der Waals surface area contributed by atoms with Crippen LogP contribution in [0.4, 0.5) is 5.82 Å². The highest BCUT2D eigenvalue weighted by molar-refractivity contribution is 5.77. The van der Waals surface area contributed by atoms with Crippen molar-refractivity contribution in [2.45, 2.75) is 37.6 Å². The van der Waals surface area contributed by atoms with Crippen LogP contribution in [0.3, 0.4) is 0 Å². The number of para-hydroxylation sites is 1. The maximum absolute atomic E-state index is 12.4. The van der Waals surface area contributed by atoms with Gasteiger partial charge >= 0.3 is 0 Å². The van der Waals surface area contributed by atoms with E-state index in [9.17, 15) is 4.79 Å². The first-order valence-corrected chi connectivity index (χ1v) is 8.88. The first kappa shape index (κ1) is 14.6. The molecule has 1 aliphatic carbocycles. The molecule has 0 bridgehead atoms. The van der Waals surface area contributed by atoms with Gasteiger partial charge in [-0.25, -0.2) is 15.0 Å². The fourth-order valence-corrected chi connectivity index (χ4v) is 3.65. The van der Waals surface area contributed by atoms with E-state index in [2.05, 4.69) is 14.9 Å². The van der Waals surface area contributed by atoms with Crippen LogP contribution in [-0.2, 0) is 0 Å². The van der Waals surface area contributed by atoms with E-state index in [1.165, 1.54) is 12.8 Å². The number of aromatic amines is 1. The molecule has 0 radical (unpaired) electrons. The second kappa shape index (κ2) is 5.65. The molecule has 1 N–H and O–H groups in total. The summed E-state index contributed by atoms with van der Waals surface area (Å²) in [5.41, 5.74) is 0.670. The molecule has 2 fully saturated rings. The second-order valence-electron chi connectivity index (χ2n) is 6.87. The maximum Gasteiger partial charge on any atom is 0.258 e. The molecule has 2 aliphatic rings. The topological polar surface area (TPSA) is 74.8 Å². The van der Waals surface area contributed by atoms with Gasteiger partial charge < -0.3 is 9.88 Å². The van der Waals surface area contributed by atoms with Crippen molar-refractivity contribution in [1.82, 2.24) is 19.9 Å². The van der Waals surface area contributed by atoms with Gasteiger partial charge in [-0.2, -0.15) is 0 Å². The zero-order valence-corrected chi connectivity index (χ0v) is 13.9. The van der Waals surface area contributed by atoms with Crippen molar-refractivity contribution in [3.8, 4) is 0 Å². The van der Waals surface area contributed by atoms with Gasteiger partial charge in [0.25, 0.3) is 5.56 Å². The number of rotatable bonds is 3. The third kappa shape index (κ3) is 2.58. The quantitative estimate of drug-likeness (QED) is 0.797. The normalized spacial score (nSPS) is 20.3. The van der Waals surface area contributed by atoms with Gasteiger partial charge in [0.15, 0.2) is 0 Å². The number of aromatic nitrogens is 4. The Morgan fingerprint density at radius 2 is 1.96 bits per heavy atom. The molecular weight excluding hydrogens is 314 g/mol. The average Bonchev–Trinajstić information content (AvgIpc) is 3.38. The number of nitrogens with one attached hydrogen (secondary N) is 1. The first-order chi connectivity index (χ1) is 12.3. The predicted octanol–water partition coefficient (Wildman–Crippen LogP) is 2.93. The van der Waals surface area contributed by atoms with Crippen LogP contribution < -0.4 is 10.5 Å². The van der Waals surface area contributed by atoms with Gasteiger partial charge in [-0.15, -0.1) is 0 Å². The highest BCUT2D eigenvalue weighted by Crippen LogP contribution is 2.39. The predicted molar refractivity (Wildman–Crippen MR) is 95.7 cm³/mol. The van der Waals surface area contributed by atoms with Crippen LogP contribution in [0.15, 0.2) is 41.3 Å². The van der Waals surface area contributed by atoms with Gasteiger partial charge in [0.1, 0.15) is 17.5 Å². The van der Waals surface area contributed by atoms with E-state index in [1.54, 1.807) is 0 Å². The van der Waals surface area contributed by atoms with E-state index in [4.69, 9.17) is 9.97 Å². The molecule has 1 aliphatic heterocycles. The summed E-state index contributed by atoms with van der Waals surface area (Å²) < 4.78 is 0. The Morgan fingerprint density at radius 3 is 2.84 bits per heavy atom. The van der Waals surface area contributed by atoms with Crippen molar-refractivity contribution in [2.24, 2.45) is 0 Å². The van der Waals surface area contributed by atoms with E-state index in [-0.39, 0.29) is 11.6 Å². The number of fused-ring (bicyclic) bond motifs is 1. The lowest BCUT2D eigenvalue weighted by atomic mass is 10.2. The molecule has 6 nitrogen and oxygen atoms in total. The zero-order valence-electron chi connectivity index (χ0n) is 13.9. The number of H-pyrrole nitrogens is 1. The second-order valence-corrected chi connectivity index (χ2v) is 6.87. The molecule has 1 unspecified atom stereocenters. The minimum Gasteiger partial charge on any atom is -0.346 e. The summed E-state index contributed by atoms with van der Waals surface area (Å²) >= 11 is 0. The van der Waals surface area contributed by atoms with Gasteiger partial charge in [0.05, 0.1) is 16.9 Å². The monoisotopic (exact) mass is 333 g/mol. The molecule has 1 aromatic carbocycles. The Balaban J connectivity index is 1.55. The van der Waals surface area contributed by atoms with E-state index >= 15 is 0 Å². The fourth-order valence-electron chi connectivity index (χ4n) is 3.65. The summed E-state index contributed by atoms with van der Waals surface area (Å²) in [6.45, 7) is 0.919. The first-order valence-electron chi connectivity index (χ1n) is 8.88. The van der Waals surface area contributed by atoms with Crippen LogP contribution in [-0.4, -0.2) is 26.5 Å². The lowest BCUT2D eigenvalue weighted by Gasteiger charge is -2.25. The standard InChI is InChI=1S/C19H19N5O/c25-19-13-4-1-2-5-14(13)21-18(23-19)15-6-3-11-24(15)16-9-10-20-17(22-16)12-7-8-12/h1-2,4-5,9-10,12,15H,3,6-8,11H2,(H,21,23,25). The van der Waals surface area contributed by atoms with E-state index in [1.807, 2.05) is 36.5 Å². The highest BCUT2D eigenvalue weighted by Gasteiger charge is 2.31. The Hall–Kier alpha value is -2.76. The molecule has 1 saturated heterocycles. The molecule has 1 saturated carbocycles. The Bertz CT molecular complexity index is 994. The molecule has 3 heterocycles. The van der Waals surface area contributed by atoms with Crippen molar-refractivity contribution in [3.05, 3.63) is 58.5 Å². The average molecular weight is 333 g/mol. The van der Waals surface area contributed by atoms with Gasteiger partial charge in [0.2, 0.25) is 0 Å². The molecule has 126 valence electrons. The molecule has 1 atom stereocenters. The maximum atomic E-state index is 12.4. The van der Waals surface area contributed by atoms with Crippen LogP contribution in [0.5, 0.6) is 0 Å². The summed E-state index contributed by atoms with van der Waals surface area (Å²) in [7, 11) is 0. The molecule has 0 spiro atoms. The van der Waals surface area contributed by atoms with Crippen molar-refractivity contribution in [2.75, 3.05) is 11.4 Å². The molecule has 6 heteroatoms. The van der Waals surface area contributed by atoms with Crippen LogP contribution in [0.2, 0.25) is 0 Å². The van der Waals surface area contributed by atoms with Crippen LogP contribution >= 0.6 is 0 Å². The van der Waals surface area contributed by atoms with Crippen molar-refractivity contribution < 1.29 is 0 Å². The summed E-state index contributed by atoms with van der Waals surface area (Å²) in [4.78, 5) is 31.6. The van der Waals surface area contributed by atoms with Gasteiger partial charge in [-0.3, -0.25) is 4.79 Å². The fraction of sp³-hybridized carbons (Fsp3) is 0.368. The Labute approximate surface area is 145 Å². The molecule has 25 heavy (non-hydrogen) atoms. The highest BCUT2D eigenvalue weighted by atomic mass is 16.1.